The van der Waals surface area contributed by atoms with Crippen molar-refractivity contribution in [2.24, 2.45) is 5.92 Å². The SMILES string of the molecule is CCCc1noc(CN2CCC[C@H](C(=O)OC)C2)n1. The Morgan fingerprint density at radius 1 is 1.58 bits per heavy atom. The third-order valence-corrected chi connectivity index (χ3v) is 3.38. The third-order valence-electron chi connectivity index (χ3n) is 3.38. The number of methoxy groups -OCH3 is 1. The van der Waals surface area contributed by atoms with Crippen LogP contribution in [0.3, 0.4) is 0 Å². The summed E-state index contributed by atoms with van der Waals surface area (Å²) >= 11 is 0. The topological polar surface area (TPSA) is 68.5 Å². The van der Waals surface area contributed by atoms with E-state index < -0.39 is 0 Å². The summed E-state index contributed by atoms with van der Waals surface area (Å²) in [7, 11) is 1.44. The van der Waals surface area contributed by atoms with Crippen LogP contribution in [0.25, 0.3) is 0 Å². The smallest absolute Gasteiger partial charge is 0.309 e. The van der Waals surface area contributed by atoms with E-state index in [2.05, 4.69) is 22.0 Å². The van der Waals surface area contributed by atoms with Crippen LogP contribution in [0.1, 0.15) is 37.9 Å². The molecule has 0 saturated carbocycles. The third kappa shape index (κ3) is 3.76. The number of nitrogens with zero attached hydrogens (tertiary/aromatic N) is 3. The summed E-state index contributed by atoms with van der Waals surface area (Å²) in [5.41, 5.74) is 0. The monoisotopic (exact) mass is 267 g/mol. The normalized spacial score (nSPS) is 20.4. The van der Waals surface area contributed by atoms with E-state index in [1.165, 1.54) is 7.11 Å². The minimum absolute atomic E-state index is 0.0308. The molecule has 6 heteroatoms. The number of aromatic nitrogens is 2. The quantitative estimate of drug-likeness (QED) is 0.751. The molecule has 2 rings (SSSR count). The molecule has 1 aliphatic rings. The van der Waals surface area contributed by atoms with Crippen LogP contribution in [-0.2, 0) is 22.5 Å². The van der Waals surface area contributed by atoms with Gasteiger partial charge in [0.2, 0.25) is 5.89 Å². The van der Waals surface area contributed by atoms with Gasteiger partial charge in [-0.05, 0) is 25.8 Å². The van der Waals surface area contributed by atoms with Crippen molar-refractivity contribution < 1.29 is 14.1 Å². The van der Waals surface area contributed by atoms with E-state index in [1.807, 2.05) is 0 Å². The molecule has 6 nitrogen and oxygen atoms in total. The first-order valence-electron chi connectivity index (χ1n) is 6.84. The molecule has 0 amide bonds. The number of ether oxygens (including phenoxy) is 1. The Labute approximate surface area is 113 Å². The van der Waals surface area contributed by atoms with Gasteiger partial charge in [0.1, 0.15) is 0 Å². The molecule has 1 saturated heterocycles. The molecule has 0 unspecified atom stereocenters. The molecule has 1 fully saturated rings. The molecule has 1 aromatic rings. The van der Waals surface area contributed by atoms with Crippen molar-refractivity contribution in [3.05, 3.63) is 11.7 Å². The minimum atomic E-state index is -0.123. The van der Waals surface area contributed by atoms with Crippen LogP contribution in [0.2, 0.25) is 0 Å². The summed E-state index contributed by atoms with van der Waals surface area (Å²) in [6.07, 6.45) is 3.74. The van der Waals surface area contributed by atoms with Crippen LogP contribution in [0.15, 0.2) is 4.52 Å². The van der Waals surface area contributed by atoms with Gasteiger partial charge in [0.15, 0.2) is 5.82 Å². The van der Waals surface area contributed by atoms with Crippen LogP contribution < -0.4 is 0 Å². The van der Waals surface area contributed by atoms with Crippen LogP contribution in [0, 0.1) is 5.92 Å². The standard InChI is InChI=1S/C13H21N3O3/c1-3-5-11-14-12(19-15-11)9-16-7-4-6-10(8-16)13(17)18-2/h10H,3-9H2,1-2H3/t10-/m0/s1. The first kappa shape index (κ1) is 14.0. The Kier molecular flexibility index (Phi) is 4.90. The Balaban J connectivity index is 1.89. The molecule has 0 aliphatic carbocycles. The Morgan fingerprint density at radius 2 is 2.42 bits per heavy atom. The number of carbonyl (C=O) groups is 1. The second kappa shape index (κ2) is 6.65. The van der Waals surface area contributed by atoms with E-state index in [1.54, 1.807) is 0 Å². The summed E-state index contributed by atoms with van der Waals surface area (Å²) in [5.74, 6) is 1.24. The molecule has 0 spiro atoms. The van der Waals surface area contributed by atoms with Gasteiger partial charge >= 0.3 is 5.97 Å². The van der Waals surface area contributed by atoms with Crippen LogP contribution >= 0.6 is 0 Å². The van der Waals surface area contributed by atoms with E-state index in [9.17, 15) is 4.79 Å². The van der Waals surface area contributed by atoms with Gasteiger partial charge in [-0.1, -0.05) is 12.1 Å². The number of aryl methyl sites for hydroxylation is 1. The molecule has 106 valence electrons. The zero-order chi connectivity index (χ0) is 13.7. The molecular formula is C13H21N3O3. The molecule has 0 N–H and O–H groups in total. The molecule has 1 aromatic heterocycles. The fourth-order valence-electron chi connectivity index (χ4n) is 2.43. The number of carbonyl (C=O) groups excluding carboxylic acids is 1. The van der Waals surface area contributed by atoms with E-state index in [4.69, 9.17) is 9.26 Å². The number of hydrogen-bond donors (Lipinski definition) is 0. The lowest BCUT2D eigenvalue weighted by molar-refractivity contribution is -0.147. The van der Waals surface area contributed by atoms with Crippen LogP contribution in [0.4, 0.5) is 0 Å². The Bertz CT molecular complexity index is 419. The second-order valence-corrected chi connectivity index (χ2v) is 4.95. The van der Waals surface area contributed by atoms with Gasteiger partial charge in [-0.15, -0.1) is 0 Å². The maximum Gasteiger partial charge on any atom is 0.309 e. The van der Waals surface area contributed by atoms with Crippen molar-refractivity contribution in [2.75, 3.05) is 20.2 Å². The predicted octanol–water partition coefficient (Wildman–Crippen LogP) is 1.41. The highest BCUT2D eigenvalue weighted by Crippen LogP contribution is 2.19. The van der Waals surface area contributed by atoms with Crippen molar-refractivity contribution >= 4 is 5.97 Å². The zero-order valence-corrected chi connectivity index (χ0v) is 11.6. The molecule has 0 radical (unpaired) electrons. The highest BCUT2D eigenvalue weighted by Gasteiger charge is 2.27. The molecular weight excluding hydrogens is 246 g/mol. The maximum atomic E-state index is 11.6. The summed E-state index contributed by atoms with van der Waals surface area (Å²) in [4.78, 5) is 18.1. The highest BCUT2D eigenvalue weighted by atomic mass is 16.5. The van der Waals surface area contributed by atoms with E-state index in [0.29, 0.717) is 19.0 Å². The molecule has 1 aliphatic heterocycles. The van der Waals surface area contributed by atoms with E-state index >= 15 is 0 Å². The highest BCUT2D eigenvalue weighted by molar-refractivity contribution is 5.72. The summed E-state index contributed by atoms with van der Waals surface area (Å²) in [5, 5.41) is 3.94. The fraction of sp³-hybridized carbons (Fsp3) is 0.769. The maximum absolute atomic E-state index is 11.6. The van der Waals surface area contributed by atoms with Crippen molar-refractivity contribution in [3.8, 4) is 0 Å². The second-order valence-electron chi connectivity index (χ2n) is 4.95. The largest absolute Gasteiger partial charge is 0.469 e. The fourth-order valence-corrected chi connectivity index (χ4v) is 2.43. The lowest BCUT2D eigenvalue weighted by Crippen LogP contribution is -2.38. The Hall–Kier alpha value is -1.43. The van der Waals surface area contributed by atoms with Crippen molar-refractivity contribution in [1.82, 2.24) is 15.0 Å². The van der Waals surface area contributed by atoms with Gasteiger partial charge in [0.25, 0.3) is 0 Å². The molecule has 1 atom stereocenters. The van der Waals surface area contributed by atoms with Crippen molar-refractivity contribution in [3.63, 3.8) is 0 Å². The first-order chi connectivity index (χ1) is 9.22. The summed E-state index contributed by atoms with van der Waals surface area (Å²) in [6, 6.07) is 0. The van der Waals surface area contributed by atoms with Gasteiger partial charge in [-0.2, -0.15) is 4.98 Å². The molecule has 19 heavy (non-hydrogen) atoms. The predicted molar refractivity (Wildman–Crippen MR) is 68.3 cm³/mol. The summed E-state index contributed by atoms with van der Waals surface area (Å²) < 4.78 is 10.0. The van der Waals surface area contributed by atoms with Gasteiger partial charge in [-0.3, -0.25) is 9.69 Å². The first-order valence-corrected chi connectivity index (χ1v) is 6.84. The average molecular weight is 267 g/mol. The average Bonchev–Trinajstić information content (AvgIpc) is 2.86. The number of hydrogen-bond acceptors (Lipinski definition) is 6. The lowest BCUT2D eigenvalue weighted by Gasteiger charge is -2.29. The lowest BCUT2D eigenvalue weighted by atomic mass is 9.98. The molecule has 0 bridgehead atoms. The van der Waals surface area contributed by atoms with Crippen LogP contribution in [0.5, 0.6) is 0 Å². The van der Waals surface area contributed by atoms with Gasteiger partial charge in [0, 0.05) is 13.0 Å². The minimum Gasteiger partial charge on any atom is -0.469 e. The molecule has 2 heterocycles. The van der Waals surface area contributed by atoms with Crippen molar-refractivity contribution in [2.45, 2.75) is 39.2 Å². The van der Waals surface area contributed by atoms with Crippen molar-refractivity contribution in [1.29, 1.82) is 0 Å². The number of rotatable bonds is 5. The number of esters is 1. The van der Waals surface area contributed by atoms with Crippen LogP contribution in [-0.4, -0.2) is 41.2 Å². The number of likely N-dealkylation sites (tertiary alicyclic amines) is 1. The van der Waals surface area contributed by atoms with E-state index in [-0.39, 0.29) is 11.9 Å². The van der Waals surface area contributed by atoms with Gasteiger partial charge in [-0.25, -0.2) is 0 Å². The zero-order valence-electron chi connectivity index (χ0n) is 11.6. The molecule has 0 aromatic carbocycles. The summed E-state index contributed by atoms with van der Waals surface area (Å²) in [6.45, 7) is 4.36. The van der Waals surface area contributed by atoms with E-state index in [0.717, 1.165) is 38.1 Å². The number of piperidine rings is 1. The van der Waals surface area contributed by atoms with Gasteiger partial charge < -0.3 is 9.26 Å². The Morgan fingerprint density at radius 3 is 3.16 bits per heavy atom. The van der Waals surface area contributed by atoms with Gasteiger partial charge in [0.05, 0.1) is 19.6 Å².